The lowest BCUT2D eigenvalue weighted by atomic mass is 10.00. The van der Waals surface area contributed by atoms with Gasteiger partial charge >= 0.3 is 0 Å². The molecule has 2 atom stereocenters. The molecule has 3 rings (SSSR count). The summed E-state index contributed by atoms with van der Waals surface area (Å²) < 4.78 is 0. The number of aliphatic hydroxyl groups is 1. The topological polar surface area (TPSA) is 48.4 Å². The molecule has 1 aromatic heterocycles. The van der Waals surface area contributed by atoms with Crippen LogP contribution in [0.3, 0.4) is 0 Å². The maximum Gasteiger partial charge on any atom is 0.150 e. The highest BCUT2D eigenvalue weighted by atomic mass is 35.5. The van der Waals surface area contributed by atoms with E-state index in [0.717, 1.165) is 38.0 Å². The molecule has 2 bridgehead atoms. The van der Waals surface area contributed by atoms with Crippen LogP contribution in [0.5, 0.6) is 0 Å². The van der Waals surface area contributed by atoms with Gasteiger partial charge in [0, 0.05) is 18.6 Å². The molecular formula is C14H19Cl2N3O. The smallest absolute Gasteiger partial charge is 0.150 e. The Morgan fingerprint density at radius 1 is 1.30 bits per heavy atom. The fourth-order valence-electron chi connectivity index (χ4n) is 3.42. The molecule has 2 N–H and O–H groups in total. The number of rotatable bonds is 3. The summed E-state index contributed by atoms with van der Waals surface area (Å²) in [6, 6.07) is 2.43. The third kappa shape index (κ3) is 2.45. The highest BCUT2D eigenvalue weighted by molar-refractivity contribution is 6.37. The first-order valence-electron chi connectivity index (χ1n) is 7.16. The Morgan fingerprint density at radius 2 is 1.95 bits per heavy atom. The number of aromatic nitrogens is 1. The molecule has 20 heavy (non-hydrogen) atoms. The van der Waals surface area contributed by atoms with E-state index in [4.69, 9.17) is 23.2 Å². The molecule has 0 amide bonds. The van der Waals surface area contributed by atoms with E-state index in [1.165, 1.54) is 0 Å². The van der Waals surface area contributed by atoms with Gasteiger partial charge in [0.15, 0.2) is 0 Å². The van der Waals surface area contributed by atoms with Gasteiger partial charge in [0.05, 0.1) is 16.1 Å². The number of aliphatic hydroxyl groups excluding tert-OH is 1. The van der Waals surface area contributed by atoms with E-state index in [1.54, 1.807) is 6.07 Å². The summed E-state index contributed by atoms with van der Waals surface area (Å²) in [5.74, 6) is 1.48. The number of anilines is 2. The number of fused-ring (bicyclic) bond motifs is 2. The Kier molecular flexibility index (Phi) is 3.98. The first-order valence-corrected chi connectivity index (χ1v) is 7.92. The zero-order chi connectivity index (χ0) is 14.3. The van der Waals surface area contributed by atoms with Gasteiger partial charge < -0.3 is 15.3 Å². The van der Waals surface area contributed by atoms with Crippen LogP contribution in [0.15, 0.2) is 6.07 Å². The maximum atomic E-state index is 9.89. The van der Waals surface area contributed by atoms with Crippen LogP contribution in [-0.2, 0) is 0 Å². The Bertz CT molecular complexity index is 497. The molecule has 4 nitrogen and oxygen atoms in total. The lowest BCUT2D eigenvalue weighted by Gasteiger charge is -2.38. The maximum absolute atomic E-state index is 9.89. The van der Waals surface area contributed by atoms with Crippen molar-refractivity contribution in [1.29, 1.82) is 0 Å². The van der Waals surface area contributed by atoms with E-state index >= 15 is 0 Å². The Morgan fingerprint density at radius 3 is 2.55 bits per heavy atom. The normalized spacial score (nSPS) is 28.8. The first kappa shape index (κ1) is 14.2. The van der Waals surface area contributed by atoms with Gasteiger partial charge in [-0.2, -0.15) is 0 Å². The van der Waals surface area contributed by atoms with Crippen molar-refractivity contribution < 1.29 is 5.11 Å². The summed E-state index contributed by atoms with van der Waals surface area (Å²) in [6.07, 6.45) is 3.60. The van der Waals surface area contributed by atoms with Crippen molar-refractivity contribution in [3.05, 3.63) is 16.1 Å². The second-order valence-electron chi connectivity index (χ2n) is 5.57. The van der Waals surface area contributed by atoms with Crippen molar-refractivity contribution in [3.63, 3.8) is 0 Å². The van der Waals surface area contributed by atoms with Crippen molar-refractivity contribution in [3.8, 4) is 0 Å². The van der Waals surface area contributed by atoms with E-state index in [9.17, 15) is 5.11 Å². The largest absolute Gasteiger partial charge is 0.393 e. The van der Waals surface area contributed by atoms with Gasteiger partial charge in [0.25, 0.3) is 0 Å². The van der Waals surface area contributed by atoms with Gasteiger partial charge in [0.2, 0.25) is 0 Å². The van der Waals surface area contributed by atoms with Gasteiger partial charge in [-0.05, 0) is 38.7 Å². The van der Waals surface area contributed by atoms with Crippen LogP contribution in [0.25, 0.3) is 0 Å². The summed E-state index contributed by atoms with van der Waals surface area (Å²) in [5, 5.41) is 14.2. The van der Waals surface area contributed by atoms with E-state index in [0.29, 0.717) is 27.9 Å². The van der Waals surface area contributed by atoms with E-state index < -0.39 is 0 Å². The fourth-order valence-corrected chi connectivity index (χ4v) is 3.95. The zero-order valence-corrected chi connectivity index (χ0v) is 13.0. The second kappa shape index (κ2) is 5.58. The fraction of sp³-hybridized carbons (Fsp3) is 0.643. The molecule has 2 aliphatic rings. The van der Waals surface area contributed by atoms with Crippen LogP contribution in [0.1, 0.15) is 32.6 Å². The van der Waals surface area contributed by atoms with E-state index in [-0.39, 0.29) is 6.10 Å². The van der Waals surface area contributed by atoms with E-state index in [2.05, 4.69) is 15.2 Å². The Hall–Kier alpha value is -0.710. The third-order valence-corrected chi connectivity index (χ3v) is 4.77. The number of halogens is 2. The Balaban J connectivity index is 1.96. The molecule has 6 heteroatoms. The molecule has 2 unspecified atom stereocenters. The minimum absolute atomic E-state index is 0.192. The number of hydrogen-bond acceptors (Lipinski definition) is 4. The molecule has 110 valence electrons. The van der Waals surface area contributed by atoms with Crippen molar-refractivity contribution in [2.75, 3.05) is 16.8 Å². The summed E-state index contributed by atoms with van der Waals surface area (Å²) in [6.45, 7) is 2.77. The molecule has 0 aliphatic carbocycles. The van der Waals surface area contributed by atoms with Gasteiger partial charge in [-0.1, -0.05) is 23.2 Å². The van der Waals surface area contributed by atoms with Crippen LogP contribution < -0.4 is 10.2 Å². The van der Waals surface area contributed by atoms with Crippen molar-refractivity contribution in [1.82, 2.24) is 4.98 Å². The molecule has 2 fully saturated rings. The monoisotopic (exact) mass is 315 g/mol. The summed E-state index contributed by atoms with van der Waals surface area (Å²) >= 11 is 12.5. The predicted molar refractivity (Wildman–Crippen MR) is 83.0 cm³/mol. The van der Waals surface area contributed by atoms with Crippen molar-refractivity contribution in [2.24, 2.45) is 0 Å². The van der Waals surface area contributed by atoms with Crippen molar-refractivity contribution >= 4 is 34.8 Å². The highest BCUT2D eigenvalue weighted by Crippen LogP contribution is 2.42. The molecule has 3 heterocycles. The summed E-state index contributed by atoms with van der Waals surface area (Å²) in [7, 11) is 0. The van der Waals surface area contributed by atoms with Gasteiger partial charge in [-0.25, -0.2) is 4.98 Å². The molecule has 0 radical (unpaired) electrons. The lowest BCUT2D eigenvalue weighted by molar-refractivity contribution is 0.126. The third-order valence-electron chi connectivity index (χ3n) is 4.21. The van der Waals surface area contributed by atoms with Crippen LogP contribution >= 0.6 is 23.2 Å². The number of hydrogen-bond donors (Lipinski definition) is 2. The molecule has 2 aliphatic heterocycles. The second-order valence-corrected chi connectivity index (χ2v) is 6.39. The molecule has 0 aromatic carbocycles. The molecule has 2 saturated heterocycles. The predicted octanol–water partition coefficient (Wildman–Crippen LogP) is 3.31. The average molecular weight is 316 g/mol. The van der Waals surface area contributed by atoms with Crippen LogP contribution in [0, 0.1) is 0 Å². The number of nitrogens with one attached hydrogen (secondary N) is 1. The summed E-state index contributed by atoms with van der Waals surface area (Å²) in [5.41, 5.74) is 0. The first-order chi connectivity index (χ1) is 9.60. The number of nitrogens with zero attached hydrogens (tertiary/aromatic N) is 2. The Labute approximate surface area is 129 Å². The number of pyridine rings is 1. The summed E-state index contributed by atoms with van der Waals surface area (Å²) in [4.78, 5) is 6.90. The quantitative estimate of drug-likeness (QED) is 0.898. The molecule has 1 aromatic rings. The minimum atomic E-state index is -0.192. The van der Waals surface area contributed by atoms with E-state index in [1.807, 2.05) is 6.92 Å². The van der Waals surface area contributed by atoms with Crippen LogP contribution in [0.2, 0.25) is 10.0 Å². The number of piperidine rings is 1. The standard InChI is InChI=1S/C14H19Cl2N3O/c1-2-17-13-11(15)7-12(16)14(18-13)19-8-3-4-9(19)6-10(20)5-8/h7-10,20H,2-6H2,1H3,(H,17,18). The highest BCUT2D eigenvalue weighted by Gasteiger charge is 2.41. The SMILES string of the molecule is CCNc1nc(N2C3CCC2CC(O)C3)c(Cl)cc1Cl. The lowest BCUT2D eigenvalue weighted by Crippen LogP contribution is -2.45. The van der Waals surface area contributed by atoms with Crippen LogP contribution in [0.4, 0.5) is 11.6 Å². The van der Waals surface area contributed by atoms with Gasteiger partial charge in [0.1, 0.15) is 11.6 Å². The molecule has 0 spiro atoms. The minimum Gasteiger partial charge on any atom is -0.393 e. The molecular weight excluding hydrogens is 297 g/mol. The molecule has 0 saturated carbocycles. The van der Waals surface area contributed by atoms with Crippen molar-refractivity contribution in [2.45, 2.75) is 50.8 Å². The average Bonchev–Trinajstić information content (AvgIpc) is 2.65. The van der Waals surface area contributed by atoms with Gasteiger partial charge in [-0.3, -0.25) is 0 Å². The van der Waals surface area contributed by atoms with Crippen LogP contribution in [-0.4, -0.2) is 34.8 Å². The zero-order valence-electron chi connectivity index (χ0n) is 11.4. The van der Waals surface area contributed by atoms with Gasteiger partial charge in [-0.15, -0.1) is 0 Å².